The number of hydrogen-bond donors (Lipinski definition) is 0. The minimum atomic E-state index is -0.276. The van der Waals surface area contributed by atoms with Gasteiger partial charge in [-0.25, -0.2) is 4.98 Å². The third-order valence-corrected chi connectivity index (χ3v) is 5.01. The molecule has 0 aliphatic carbocycles. The van der Waals surface area contributed by atoms with Gasteiger partial charge in [-0.2, -0.15) is 0 Å². The lowest BCUT2D eigenvalue weighted by Gasteiger charge is -2.18. The number of amides is 1. The first kappa shape index (κ1) is 17.2. The summed E-state index contributed by atoms with van der Waals surface area (Å²) < 4.78 is 11.3. The van der Waals surface area contributed by atoms with E-state index in [2.05, 4.69) is 15.1 Å². The minimum Gasteiger partial charge on any atom is -0.497 e. The van der Waals surface area contributed by atoms with Gasteiger partial charge in [-0.1, -0.05) is 22.6 Å². The van der Waals surface area contributed by atoms with Crippen LogP contribution < -0.4 is 9.64 Å². The molecule has 3 heterocycles. The summed E-state index contributed by atoms with van der Waals surface area (Å²) in [5.74, 6) is 1.05. The second kappa shape index (κ2) is 7.16. The molecule has 0 aliphatic rings. The third-order valence-electron chi connectivity index (χ3n) is 3.97. The van der Waals surface area contributed by atoms with Crippen molar-refractivity contribution in [2.45, 2.75) is 13.5 Å². The highest BCUT2D eigenvalue weighted by Crippen LogP contribution is 2.32. The normalized spacial score (nSPS) is 10.9. The van der Waals surface area contributed by atoms with Crippen molar-refractivity contribution in [2.24, 2.45) is 0 Å². The molecule has 0 spiro atoms. The van der Waals surface area contributed by atoms with Gasteiger partial charge in [0.2, 0.25) is 0 Å². The average Bonchev–Trinajstić information content (AvgIpc) is 3.31. The highest BCUT2D eigenvalue weighted by atomic mass is 32.1. The molecule has 1 aromatic carbocycles. The van der Waals surface area contributed by atoms with Crippen LogP contribution in [0.1, 0.15) is 21.8 Å². The van der Waals surface area contributed by atoms with E-state index in [4.69, 9.17) is 9.26 Å². The number of rotatable bonds is 5. The van der Waals surface area contributed by atoms with E-state index >= 15 is 0 Å². The van der Waals surface area contributed by atoms with E-state index in [1.54, 1.807) is 37.4 Å². The number of ether oxygens (including phenoxy) is 1. The Kier molecular flexibility index (Phi) is 4.55. The summed E-state index contributed by atoms with van der Waals surface area (Å²) in [6.45, 7) is 2.08. The van der Waals surface area contributed by atoms with E-state index in [0.29, 0.717) is 17.4 Å². The lowest BCUT2D eigenvalue weighted by atomic mass is 10.2. The summed E-state index contributed by atoms with van der Waals surface area (Å²) in [5, 5.41) is 4.44. The van der Waals surface area contributed by atoms with E-state index in [-0.39, 0.29) is 11.6 Å². The summed E-state index contributed by atoms with van der Waals surface area (Å²) in [7, 11) is 1.62. The Morgan fingerprint density at radius 3 is 2.89 bits per heavy atom. The first-order valence-electron chi connectivity index (χ1n) is 8.23. The van der Waals surface area contributed by atoms with Crippen molar-refractivity contribution in [3.05, 3.63) is 65.8 Å². The Morgan fingerprint density at radius 1 is 1.30 bits per heavy atom. The Labute approximate surface area is 159 Å². The van der Waals surface area contributed by atoms with Crippen LogP contribution in [0.25, 0.3) is 10.2 Å². The quantitative estimate of drug-likeness (QED) is 0.523. The maximum atomic E-state index is 13.1. The number of benzene rings is 1. The van der Waals surface area contributed by atoms with Crippen LogP contribution in [-0.4, -0.2) is 28.1 Å². The van der Waals surface area contributed by atoms with Gasteiger partial charge in [0.1, 0.15) is 11.5 Å². The summed E-state index contributed by atoms with van der Waals surface area (Å²) >= 11 is 1.42. The van der Waals surface area contributed by atoms with Gasteiger partial charge in [0.25, 0.3) is 5.91 Å². The predicted molar refractivity (Wildman–Crippen MR) is 102 cm³/mol. The zero-order chi connectivity index (χ0) is 18.8. The minimum absolute atomic E-state index is 0.244. The molecule has 0 atom stereocenters. The molecule has 4 rings (SSSR count). The zero-order valence-electron chi connectivity index (χ0n) is 14.7. The summed E-state index contributed by atoms with van der Waals surface area (Å²) in [4.78, 5) is 23.4. The number of carbonyl (C=O) groups excluding carboxylic acids is 1. The molecule has 3 aromatic heterocycles. The summed E-state index contributed by atoms with van der Waals surface area (Å²) in [6.07, 6.45) is 3.42. The zero-order valence-corrected chi connectivity index (χ0v) is 15.6. The topological polar surface area (TPSA) is 81.4 Å². The molecular formula is C19H16N4O3S. The number of pyridine rings is 1. The Balaban J connectivity index is 1.75. The van der Waals surface area contributed by atoms with E-state index in [0.717, 1.165) is 21.5 Å². The standard InChI is InChI=1S/C19H16N4O3S/c1-12-8-16(22-26-12)18(24)23(11-13-4-3-7-20-10-13)19-21-15-6-5-14(25-2)9-17(15)27-19/h3-10H,11H2,1-2H3. The van der Waals surface area contributed by atoms with Gasteiger partial charge in [0.05, 0.1) is 23.9 Å². The van der Waals surface area contributed by atoms with Gasteiger partial charge in [0, 0.05) is 18.5 Å². The number of aryl methyl sites for hydroxylation is 1. The van der Waals surface area contributed by atoms with Gasteiger partial charge in [0.15, 0.2) is 10.8 Å². The lowest BCUT2D eigenvalue weighted by molar-refractivity contribution is 0.0976. The molecule has 0 fully saturated rings. The number of aromatic nitrogens is 3. The van der Waals surface area contributed by atoms with Crippen molar-refractivity contribution in [3.63, 3.8) is 0 Å². The number of carbonyl (C=O) groups is 1. The van der Waals surface area contributed by atoms with Crippen molar-refractivity contribution in [2.75, 3.05) is 12.0 Å². The van der Waals surface area contributed by atoms with E-state index < -0.39 is 0 Å². The van der Waals surface area contributed by atoms with Crippen LogP contribution in [0, 0.1) is 6.92 Å². The molecule has 27 heavy (non-hydrogen) atoms. The van der Waals surface area contributed by atoms with Gasteiger partial charge < -0.3 is 9.26 Å². The second-order valence-electron chi connectivity index (χ2n) is 5.91. The van der Waals surface area contributed by atoms with Crippen LogP contribution in [0.5, 0.6) is 5.75 Å². The van der Waals surface area contributed by atoms with Crippen LogP contribution in [0.2, 0.25) is 0 Å². The van der Waals surface area contributed by atoms with Crippen LogP contribution in [-0.2, 0) is 6.54 Å². The maximum absolute atomic E-state index is 13.1. The van der Waals surface area contributed by atoms with Crippen molar-refractivity contribution in [1.82, 2.24) is 15.1 Å². The number of fused-ring (bicyclic) bond motifs is 1. The monoisotopic (exact) mass is 380 g/mol. The molecule has 8 heteroatoms. The number of hydrogen-bond acceptors (Lipinski definition) is 7. The fourth-order valence-corrected chi connectivity index (χ4v) is 3.63. The number of methoxy groups -OCH3 is 1. The molecule has 0 unspecified atom stereocenters. The van der Waals surface area contributed by atoms with Crippen LogP contribution in [0.15, 0.2) is 53.3 Å². The molecule has 136 valence electrons. The Bertz CT molecular complexity index is 1090. The Morgan fingerprint density at radius 2 is 2.19 bits per heavy atom. The number of nitrogens with zero attached hydrogens (tertiary/aromatic N) is 4. The number of thiazole rings is 1. The third kappa shape index (κ3) is 3.52. The van der Waals surface area contributed by atoms with Crippen LogP contribution in [0.3, 0.4) is 0 Å². The molecular weight excluding hydrogens is 364 g/mol. The van der Waals surface area contributed by atoms with Crippen molar-refractivity contribution >= 4 is 32.6 Å². The molecule has 4 aromatic rings. The molecule has 0 saturated carbocycles. The first-order chi connectivity index (χ1) is 13.1. The fraction of sp³-hybridized carbons (Fsp3) is 0.158. The largest absolute Gasteiger partial charge is 0.497 e. The first-order valence-corrected chi connectivity index (χ1v) is 9.04. The van der Waals surface area contributed by atoms with E-state index in [1.807, 2.05) is 30.3 Å². The van der Waals surface area contributed by atoms with E-state index in [9.17, 15) is 4.79 Å². The van der Waals surface area contributed by atoms with Gasteiger partial charge >= 0.3 is 0 Å². The lowest BCUT2D eigenvalue weighted by Crippen LogP contribution is -2.30. The number of anilines is 1. The smallest absolute Gasteiger partial charge is 0.282 e. The predicted octanol–water partition coefficient (Wildman–Crippen LogP) is 3.84. The molecule has 0 saturated heterocycles. The molecule has 0 radical (unpaired) electrons. The van der Waals surface area contributed by atoms with Crippen molar-refractivity contribution in [3.8, 4) is 5.75 Å². The molecule has 0 N–H and O–H groups in total. The molecule has 7 nitrogen and oxygen atoms in total. The SMILES string of the molecule is COc1ccc2nc(N(Cc3cccnc3)C(=O)c3cc(C)on3)sc2c1. The fourth-order valence-electron chi connectivity index (χ4n) is 2.64. The average molecular weight is 380 g/mol. The maximum Gasteiger partial charge on any atom is 0.282 e. The van der Waals surface area contributed by atoms with Crippen LogP contribution >= 0.6 is 11.3 Å². The van der Waals surface area contributed by atoms with Crippen molar-refractivity contribution < 1.29 is 14.1 Å². The second-order valence-corrected chi connectivity index (χ2v) is 6.91. The van der Waals surface area contributed by atoms with Crippen molar-refractivity contribution in [1.29, 1.82) is 0 Å². The highest BCUT2D eigenvalue weighted by molar-refractivity contribution is 7.22. The molecule has 0 bridgehead atoms. The summed E-state index contributed by atoms with van der Waals surface area (Å²) in [5.41, 5.74) is 1.94. The highest BCUT2D eigenvalue weighted by Gasteiger charge is 2.24. The van der Waals surface area contributed by atoms with Gasteiger partial charge in [-0.3, -0.25) is 14.7 Å². The van der Waals surface area contributed by atoms with Crippen LogP contribution in [0.4, 0.5) is 5.13 Å². The van der Waals surface area contributed by atoms with E-state index in [1.165, 1.54) is 11.3 Å². The Hall–Kier alpha value is -3.26. The molecule has 0 aliphatic heterocycles. The van der Waals surface area contributed by atoms with Gasteiger partial charge in [-0.05, 0) is 36.8 Å². The van der Waals surface area contributed by atoms with Gasteiger partial charge in [-0.15, -0.1) is 0 Å². The summed E-state index contributed by atoms with van der Waals surface area (Å²) in [6, 6.07) is 11.0. The molecule has 1 amide bonds.